The summed E-state index contributed by atoms with van der Waals surface area (Å²) < 4.78 is 26.9. The Morgan fingerprint density at radius 3 is 2.57 bits per heavy atom. The number of aromatic nitrogens is 2. The van der Waals surface area contributed by atoms with Crippen LogP contribution in [0.1, 0.15) is 20.3 Å². The van der Waals surface area contributed by atoms with Gasteiger partial charge >= 0.3 is 5.69 Å². The summed E-state index contributed by atoms with van der Waals surface area (Å²) in [6.07, 6.45) is 0.743. The molecule has 1 atom stereocenters. The van der Waals surface area contributed by atoms with Crippen molar-refractivity contribution >= 4 is 21.1 Å². The van der Waals surface area contributed by atoms with E-state index in [-0.39, 0.29) is 23.2 Å². The van der Waals surface area contributed by atoms with E-state index >= 15 is 0 Å². The molecule has 21 heavy (non-hydrogen) atoms. The fraction of sp³-hybridized carbons (Fsp3) is 0.462. The Bertz CT molecular complexity index is 776. The number of hydrogen-bond donors (Lipinski definition) is 4. The fourth-order valence-electron chi connectivity index (χ4n) is 2.17. The number of imidazole rings is 1. The van der Waals surface area contributed by atoms with Crippen molar-refractivity contribution in [3.8, 4) is 0 Å². The number of H-pyrrole nitrogens is 2. The molecule has 0 aliphatic carbocycles. The van der Waals surface area contributed by atoms with E-state index in [0.717, 1.165) is 6.42 Å². The number of rotatable bonds is 6. The summed E-state index contributed by atoms with van der Waals surface area (Å²) in [5, 5.41) is 0. The van der Waals surface area contributed by atoms with Crippen molar-refractivity contribution in [3.05, 3.63) is 28.7 Å². The van der Waals surface area contributed by atoms with E-state index in [1.165, 1.54) is 12.1 Å². The van der Waals surface area contributed by atoms with E-state index in [4.69, 9.17) is 5.73 Å². The van der Waals surface area contributed by atoms with Crippen LogP contribution < -0.4 is 16.1 Å². The predicted octanol–water partition coefficient (Wildman–Crippen LogP) is 0.508. The maximum absolute atomic E-state index is 12.2. The van der Waals surface area contributed by atoms with Crippen LogP contribution in [0, 0.1) is 5.92 Å². The predicted molar refractivity (Wildman–Crippen MR) is 81.5 cm³/mol. The van der Waals surface area contributed by atoms with Gasteiger partial charge in [0.25, 0.3) is 0 Å². The van der Waals surface area contributed by atoms with Crippen molar-refractivity contribution < 1.29 is 8.42 Å². The van der Waals surface area contributed by atoms with E-state index in [0.29, 0.717) is 17.0 Å². The fourth-order valence-corrected chi connectivity index (χ4v) is 3.29. The lowest BCUT2D eigenvalue weighted by molar-refractivity contribution is 0.486. The van der Waals surface area contributed by atoms with Crippen LogP contribution in [0.15, 0.2) is 27.9 Å². The molecule has 7 nitrogen and oxygen atoms in total. The third-order valence-corrected chi connectivity index (χ3v) is 4.53. The lowest BCUT2D eigenvalue weighted by Gasteiger charge is -2.15. The van der Waals surface area contributed by atoms with Gasteiger partial charge < -0.3 is 15.7 Å². The van der Waals surface area contributed by atoms with Crippen LogP contribution in [-0.4, -0.2) is 31.0 Å². The molecular formula is C13H20N4O3S. The van der Waals surface area contributed by atoms with Crippen LogP contribution in [-0.2, 0) is 10.0 Å². The van der Waals surface area contributed by atoms with Crippen molar-refractivity contribution in [3.63, 3.8) is 0 Å². The van der Waals surface area contributed by atoms with Crippen molar-refractivity contribution in [2.24, 2.45) is 11.7 Å². The second-order valence-electron chi connectivity index (χ2n) is 5.53. The third-order valence-electron chi connectivity index (χ3n) is 3.11. The topological polar surface area (TPSA) is 121 Å². The first kappa shape index (κ1) is 15.7. The van der Waals surface area contributed by atoms with Gasteiger partial charge in [0.05, 0.1) is 15.9 Å². The van der Waals surface area contributed by atoms with Crippen LogP contribution in [0.4, 0.5) is 0 Å². The molecule has 2 aromatic rings. The van der Waals surface area contributed by atoms with Gasteiger partial charge in [-0.1, -0.05) is 13.8 Å². The summed E-state index contributed by atoms with van der Waals surface area (Å²) in [6.45, 7) is 4.25. The average Bonchev–Trinajstić information content (AvgIpc) is 2.74. The second kappa shape index (κ2) is 6.00. The van der Waals surface area contributed by atoms with Crippen LogP contribution in [0.5, 0.6) is 0 Å². The summed E-state index contributed by atoms with van der Waals surface area (Å²) in [6, 6.07) is 4.19. The van der Waals surface area contributed by atoms with Gasteiger partial charge in [0.1, 0.15) is 0 Å². The molecule has 0 aliphatic heterocycles. The number of aromatic amines is 2. The zero-order valence-electron chi connectivity index (χ0n) is 12.0. The van der Waals surface area contributed by atoms with Gasteiger partial charge in [-0.2, -0.15) is 0 Å². The normalized spacial score (nSPS) is 13.9. The van der Waals surface area contributed by atoms with Crippen molar-refractivity contribution in [2.75, 3.05) is 6.54 Å². The summed E-state index contributed by atoms with van der Waals surface area (Å²) in [5.74, 6) is 0.408. The first-order chi connectivity index (χ1) is 9.78. The number of hydrogen-bond acceptors (Lipinski definition) is 4. The van der Waals surface area contributed by atoms with E-state index in [1.807, 2.05) is 13.8 Å². The summed E-state index contributed by atoms with van der Waals surface area (Å²) in [4.78, 5) is 16.4. The highest BCUT2D eigenvalue weighted by molar-refractivity contribution is 7.89. The zero-order chi connectivity index (χ0) is 15.6. The van der Waals surface area contributed by atoms with Gasteiger partial charge in [-0.15, -0.1) is 0 Å². The highest BCUT2D eigenvalue weighted by atomic mass is 32.2. The van der Waals surface area contributed by atoms with Gasteiger partial charge in [0.15, 0.2) is 0 Å². The molecule has 0 saturated carbocycles. The van der Waals surface area contributed by atoms with Crippen LogP contribution in [0.3, 0.4) is 0 Å². The largest absolute Gasteiger partial charge is 0.327 e. The standard InChI is InChI=1S/C13H20N4O3S/c1-8(2)5-9(14)7-15-21(19,20)10-3-4-11-12(6-10)17-13(18)16-11/h3-4,6,8-9,15H,5,7,14H2,1-2H3,(H2,16,17,18). The minimum absolute atomic E-state index is 0.0991. The van der Waals surface area contributed by atoms with Crippen LogP contribution >= 0.6 is 0 Å². The quantitative estimate of drug-likeness (QED) is 0.621. The molecule has 116 valence electrons. The molecule has 0 fully saturated rings. The Hall–Kier alpha value is -1.64. The second-order valence-corrected chi connectivity index (χ2v) is 7.29. The first-order valence-electron chi connectivity index (χ1n) is 6.75. The molecule has 2 rings (SSSR count). The Morgan fingerprint density at radius 1 is 1.24 bits per heavy atom. The number of benzene rings is 1. The molecule has 5 N–H and O–H groups in total. The number of nitrogens with two attached hydrogens (primary N) is 1. The smallest absolute Gasteiger partial charge is 0.323 e. The van der Waals surface area contributed by atoms with Gasteiger partial charge in [-0.05, 0) is 30.5 Å². The number of fused-ring (bicyclic) bond motifs is 1. The lowest BCUT2D eigenvalue weighted by atomic mass is 10.1. The molecule has 0 spiro atoms. The summed E-state index contributed by atoms with van der Waals surface area (Å²) in [7, 11) is -3.64. The van der Waals surface area contributed by atoms with Crippen molar-refractivity contribution in [1.82, 2.24) is 14.7 Å². The van der Waals surface area contributed by atoms with Gasteiger partial charge in [0, 0.05) is 12.6 Å². The molecular weight excluding hydrogens is 292 g/mol. The molecule has 8 heteroatoms. The van der Waals surface area contributed by atoms with Crippen molar-refractivity contribution in [2.45, 2.75) is 31.2 Å². The third kappa shape index (κ3) is 3.93. The average molecular weight is 312 g/mol. The summed E-state index contributed by atoms with van der Waals surface area (Å²) in [5.41, 5.74) is 6.52. The molecule has 1 aromatic heterocycles. The molecule has 0 amide bonds. The monoisotopic (exact) mass is 312 g/mol. The molecule has 1 unspecified atom stereocenters. The first-order valence-corrected chi connectivity index (χ1v) is 8.23. The van der Waals surface area contributed by atoms with Gasteiger partial charge in [-0.3, -0.25) is 0 Å². The highest BCUT2D eigenvalue weighted by Gasteiger charge is 2.16. The van der Waals surface area contributed by atoms with E-state index in [9.17, 15) is 13.2 Å². The lowest BCUT2D eigenvalue weighted by Crippen LogP contribution is -2.37. The van der Waals surface area contributed by atoms with Crippen LogP contribution in [0.25, 0.3) is 11.0 Å². The number of sulfonamides is 1. The minimum atomic E-state index is -3.64. The SMILES string of the molecule is CC(C)CC(N)CNS(=O)(=O)c1ccc2[nH]c(=O)[nH]c2c1. The Morgan fingerprint density at radius 2 is 1.90 bits per heavy atom. The Balaban J connectivity index is 2.15. The highest BCUT2D eigenvalue weighted by Crippen LogP contribution is 2.15. The molecule has 1 aromatic carbocycles. The van der Waals surface area contributed by atoms with Crippen molar-refractivity contribution in [1.29, 1.82) is 0 Å². The van der Waals surface area contributed by atoms with E-state index < -0.39 is 10.0 Å². The molecule has 1 heterocycles. The van der Waals surface area contributed by atoms with E-state index in [1.54, 1.807) is 6.07 Å². The molecule has 0 saturated heterocycles. The zero-order valence-corrected chi connectivity index (χ0v) is 12.8. The Kier molecular flexibility index (Phi) is 4.50. The maximum Gasteiger partial charge on any atom is 0.323 e. The summed E-state index contributed by atoms with van der Waals surface area (Å²) >= 11 is 0. The number of nitrogens with one attached hydrogen (secondary N) is 3. The molecule has 0 aliphatic rings. The molecule has 0 bridgehead atoms. The Labute approximate surface area is 123 Å². The van der Waals surface area contributed by atoms with Crippen LogP contribution in [0.2, 0.25) is 0 Å². The van der Waals surface area contributed by atoms with Gasteiger partial charge in [-0.25, -0.2) is 17.9 Å². The molecule has 0 radical (unpaired) electrons. The minimum Gasteiger partial charge on any atom is -0.327 e. The maximum atomic E-state index is 12.2. The van der Waals surface area contributed by atoms with Gasteiger partial charge in [0.2, 0.25) is 10.0 Å². The van der Waals surface area contributed by atoms with E-state index in [2.05, 4.69) is 14.7 Å².